The van der Waals surface area contributed by atoms with E-state index in [0.717, 1.165) is 35.7 Å². The maximum absolute atomic E-state index is 13.0. The minimum Gasteiger partial charge on any atom is -0.352 e. The van der Waals surface area contributed by atoms with Gasteiger partial charge >= 0.3 is 6.18 Å². The molecule has 0 aliphatic heterocycles. The predicted molar refractivity (Wildman–Crippen MR) is 115 cm³/mol. The number of unbranched alkanes of at least 4 members (excludes halogenated alkanes) is 1. The van der Waals surface area contributed by atoms with Gasteiger partial charge in [-0.2, -0.15) is 13.2 Å². The molecule has 0 spiro atoms. The lowest BCUT2D eigenvalue weighted by Gasteiger charge is -2.10. The van der Waals surface area contributed by atoms with Gasteiger partial charge in [-0.05, 0) is 59.9 Å². The summed E-state index contributed by atoms with van der Waals surface area (Å²) in [6, 6.07) is 16.5. The normalized spacial score (nSPS) is 11.4. The lowest BCUT2D eigenvalue weighted by atomic mass is 10.0. The molecule has 0 bridgehead atoms. The number of carbonyl (C=O) groups is 1. The molecule has 0 unspecified atom stereocenters. The van der Waals surface area contributed by atoms with Crippen LogP contribution in [0.15, 0.2) is 66.9 Å². The van der Waals surface area contributed by atoms with Crippen molar-refractivity contribution in [1.82, 2.24) is 10.3 Å². The standard InChI is InChI=1S/C25H25F3N2O/c1-2-3-11-30-24(31)21-8-4-6-19(14-21)16-23-17-20(10-12-29-23)13-18-7-5-9-22(15-18)25(26,27)28/h4-10,12,14-15,17H,2-3,11,13,16H2,1H3,(H,30,31). The van der Waals surface area contributed by atoms with Gasteiger partial charge in [0.2, 0.25) is 0 Å². The molecule has 0 fully saturated rings. The fourth-order valence-electron chi connectivity index (χ4n) is 3.34. The summed E-state index contributed by atoms with van der Waals surface area (Å²) < 4.78 is 38.9. The summed E-state index contributed by atoms with van der Waals surface area (Å²) in [6.45, 7) is 2.72. The second-order valence-corrected chi connectivity index (χ2v) is 7.52. The van der Waals surface area contributed by atoms with Crippen molar-refractivity contribution < 1.29 is 18.0 Å². The van der Waals surface area contributed by atoms with Crippen LogP contribution in [0.2, 0.25) is 0 Å². The molecular formula is C25H25F3N2O. The number of nitrogens with zero attached hydrogens (tertiary/aromatic N) is 1. The van der Waals surface area contributed by atoms with Crippen LogP contribution in [0.4, 0.5) is 13.2 Å². The molecular weight excluding hydrogens is 401 g/mol. The van der Waals surface area contributed by atoms with Gasteiger partial charge in [-0.25, -0.2) is 0 Å². The van der Waals surface area contributed by atoms with Crippen LogP contribution in [0.1, 0.15) is 58.1 Å². The van der Waals surface area contributed by atoms with E-state index in [9.17, 15) is 18.0 Å². The van der Waals surface area contributed by atoms with Crippen molar-refractivity contribution >= 4 is 5.91 Å². The van der Waals surface area contributed by atoms with Gasteiger partial charge in [0, 0.05) is 30.4 Å². The van der Waals surface area contributed by atoms with Gasteiger partial charge in [0.1, 0.15) is 0 Å². The Morgan fingerprint density at radius 2 is 1.65 bits per heavy atom. The smallest absolute Gasteiger partial charge is 0.352 e. The molecule has 1 heterocycles. The maximum Gasteiger partial charge on any atom is 0.416 e. The largest absolute Gasteiger partial charge is 0.416 e. The number of halogens is 3. The number of aromatic nitrogens is 1. The molecule has 0 radical (unpaired) electrons. The summed E-state index contributed by atoms with van der Waals surface area (Å²) in [5.41, 5.74) is 3.19. The Bertz CT molecular complexity index is 1030. The zero-order valence-corrected chi connectivity index (χ0v) is 17.4. The number of benzene rings is 2. The van der Waals surface area contributed by atoms with Gasteiger partial charge in [-0.3, -0.25) is 9.78 Å². The topological polar surface area (TPSA) is 42.0 Å². The number of hydrogen-bond donors (Lipinski definition) is 1. The van der Waals surface area contributed by atoms with Gasteiger partial charge in [0.25, 0.3) is 5.91 Å². The average molecular weight is 426 g/mol. The quantitative estimate of drug-likeness (QED) is 0.462. The molecule has 2 aromatic carbocycles. The summed E-state index contributed by atoms with van der Waals surface area (Å²) >= 11 is 0. The van der Waals surface area contributed by atoms with Gasteiger partial charge in [-0.15, -0.1) is 0 Å². The molecule has 1 aromatic heterocycles. The number of amides is 1. The molecule has 0 saturated heterocycles. The molecule has 0 aliphatic carbocycles. The fraction of sp³-hybridized carbons (Fsp3) is 0.280. The monoisotopic (exact) mass is 426 g/mol. The van der Waals surface area contributed by atoms with Crippen LogP contribution in [-0.4, -0.2) is 17.4 Å². The zero-order valence-electron chi connectivity index (χ0n) is 17.4. The molecule has 3 nitrogen and oxygen atoms in total. The van der Waals surface area contributed by atoms with Gasteiger partial charge in [-0.1, -0.05) is 43.7 Å². The van der Waals surface area contributed by atoms with E-state index in [1.54, 1.807) is 24.4 Å². The molecule has 6 heteroatoms. The molecule has 1 amide bonds. The van der Waals surface area contributed by atoms with Crippen molar-refractivity contribution in [3.05, 3.63) is 100 Å². The van der Waals surface area contributed by atoms with Crippen LogP contribution < -0.4 is 5.32 Å². The Morgan fingerprint density at radius 3 is 2.39 bits per heavy atom. The number of rotatable bonds is 8. The van der Waals surface area contributed by atoms with Crippen molar-refractivity contribution in [1.29, 1.82) is 0 Å². The van der Waals surface area contributed by atoms with Crippen molar-refractivity contribution in [2.75, 3.05) is 6.54 Å². The summed E-state index contributed by atoms with van der Waals surface area (Å²) in [4.78, 5) is 16.7. The van der Waals surface area contributed by atoms with Crippen LogP contribution in [0, 0.1) is 0 Å². The molecule has 162 valence electrons. The molecule has 3 aromatic rings. The van der Waals surface area contributed by atoms with E-state index in [-0.39, 0.29) is 5.91 Å². The van der Waals surface area contributed by atoms with E-state index in [0.29, 0.717) is 30.5 Å². The van der Waals surface area contributed by atoms with Crippen molar-refractivity contribution in [2.45, 2.75) is 38.8 Å². The van der Waals surface area contributed by atoms with Crippen molar-refractivity contribution in [2.24, 2.45) is 0 Å². The minimum atomic E-state index is -4.35. The molecule has 0 saturated carbocycles. The lowest BCUT2D eigenvalue weighted by Crippen LogP contribution is -2.24. The van der Waals surface area contributed by atoms with Crippen LogP contribution in [0.25, 0.3) is 0 Å². The second kappa shape index (κ2) is 10.2. The SMILES string of the molecule is CCCCNC(=O)c1cccc(Cc2cc(Cc3cccc(C(F)(F)F)c3)ccn2)c1. The Labute approximate surface area is 180 Å². The molecule has 0 atom stereocenters. The van der Waals surface area contributed by atoms with E-state index < -0.39 is 11.7 Å². The van der Waals surface area contributed by atoms with E-state index in [1.807, 2.05) is 24.3 Å². The lowest BCUT2D eigenvalue weighted by molar-refractivity contribution is -0.137. The maximum atomic E-state index is 13.0. The first-order valence-electron chi connectivity index (χ1n) is 10.3. The highest BCUT2D eigenvalue weighted by Crippen LogP contribution is 2.30. The number of carbonyl (C=O) groups excluding carboxylic acids is 1. The Balaban J connectivity index is 1.70. The molecule has 1 N–H and O–H groups in total. The van der Waals surface area contributed by atoms with Crippen LogP contribution in [-0.2, 0) is 19.0 Å². The van der Waals surface area contributed by atoms with Crippen LogP contribution >= 0.6 is 0 Å². The summed E-state index contributed by atoms with van der Waals surface area (Å²) in [6.07, 6.45) is 0.190. The van der Waals surface area contributed by atoms with Crippen molar-refractivity contribution in [3.8, 4) is 0 Å². The number of hydrogen-bond acceptors (Lipinski definition) is 2. The summed E-state index contributed by atoms with van der Waals surface area (Å²) in [5.74, 6) is -0.0958. The molecule has 3 rings (SSSR count). The van der Waals surface area contributed by atoms with Gasteiger partial charge < -0.3 is 5.32 Å². The minimum absolute atomic E-state index is 0.0958. The predicted octanol–water partition coefficient (Wildman–Crippen LogP) is 5.81. The fourth-order valence-corrected chi connectivity index (χ4v) is 3.34. The number of pyridine rings is 1. The summed E-state index contributed by atoms with van der Waals surface area (Å²) in [5, 5.41) is 2.91. The van der Waals surface area contributed by atoms with Crippen LogP contribution in [0.5, 0.6) is 0 Å². The average Bonchev–Trinajstić information content (AvgIpc) is 2.74. The van der Waals surface area contributed by atoms with Gasteiger partial charge in [0.05, 0.1) is 5.56 Å². The third-order valence-electron chi connectivity index (χ3n) is 4.93. The third kappa shape index (κ3) is 6.67. The highest BCUT2D eigenvalue weighted by atomic mass is 19.4. The third-order valence-corrected chi connectivity index (χ3v) is 4.93. The zero-order chi connectivity index (χ0) is 22.3. The Kier molecular flexibility index (Phi) is 7.45. The first-order valence-corrected chi connectivity index (χ1v) is 10.3. The van der Waals surface area contributed by atoms with E-state index in [1.165, 1.54) is 12.1 Å². The Hall–Kier alpha value is -3.15. The van der Waals surface area contributed by atoms with E-state index >= 15 is 0 Å². The van der Waals surface area contributed by atoms with Crippen LogP contribution in [0.3, 0.4) is 0 Å². The highest BCUT2D eigenvalue weighted by Gasteiger charge is 2.30. The van der Waals surface area contributed by atoms with E-state index in [2.05, 4.69) is 17.2 Å². The molecule has 31 heavy (non-hydrogen) atoms. The second-order valence-electron chi connectivity index (χ2n) is 7.52. The Morgan fingerprint density at radius 1 is 0.935 bits per heavy atom. The number of nitrogens with one attached hydrogen (secondary N) is 1. The van der Waals surface area contributed by atoms with Gasteiger partial charge in [0.15, 0.2) is 0 Å². The summed E-state index contributed by atoms with van der Waals surface area (Å²) in [7, 11) is 0. The van der Waals surface area contributed by atoms with Crippen molar-refractivity contribution in [3.63, 3.8) is 0 Å². The first kappa shape index (κ1) is 22.5. The highest BCUT2D eigenvalue weighted by molar-refractivity contribution is 5.94. The molecule has 0 aliphatic rings. The van der Waals surface area contributed by atoms with E-state index in [4.69, 9.17) is 0 Å². The number of alkyl halides is 3. The first-order chi connectivity index (χ1) is 14.8.